The average molecular weight is 374 g/mol. The van der Waals surface area contributed by atoms with Crippen LogP contribution in [0.1, 0.15) is 13.3 Å². The molecule has 130 valence electrons. The topological polar surface area (TPSA) is 79.3 Å². The number of rotatable bonds is 5. The van der Waals surface area contributed by atoms with Crippen molar-refractivity contribution in [1.29, 1.82) is 0 Å². The molecule has 1 aromatic heterocycles. The Balaban J connectivity index is 1.55. The van der Waals surface area contributed by atoms with Gasteiger partial charge in [0.1, 0.15) is 0 Å². The average Bonchev–Trinajstić information content (AvgIpc) is 3.27. The van der Waals surface area contributed by atoms with Crippen molar-refractivity contribution < 1.29 is 14.7 Å². The minimum absolute atomic E-state index is 0.0177. The van der Waals surface area contributed by atoms with Gasteiger partial charge in [-0.2, -0.15) is 0 Å². The summed E-state index contributed by atoms with van der Waals surface area (Å²) in [7, 11) is 0. The van der Waals surface area contributed by atoms with E-state index in [4.69, 9.17) is 0 Å². The first-order valence-corrected chi connectivity index (χ1v) is 10.1. The Morgan fingerprint density at radius 2 is 2.08 bits per heavy atom. The van der Waals surface area contributed by atoms with Gasteiger partial charge in [0, 0.05) is 5.69 Å². The summed E-state index contributed by atoms with van der Waals surface area (Å²) in [6.45, 7) is 2.09. The Morgan fingerprint density at radius 3 is 2.80 bits per heavy atom. The monoisotopic (exact) mass is 374 g/mol. The highest BCUT2D eigenvalue weighted by atomic mass is 32.2. The Bertz CT molecular complexity index is 876. The van der Waals surface area contributed by atoms with Crippen molar-refractivity contribution in [1.82, 2.24) is 4.98 Å². The third kappa shape index (κ3) is 2.95. The van der Waals surface area contributed by atoms with Gasteiger partial charge in [-0.15, -0.1) is 11.3 Å². The number of benzene rings is 1. The van der Waals surface area contributed by atoms with Gasteiger partial charge in [0.05, 0.1) is 22.1 Å². The van der Waals surface area contributed by atoms with Crippen LogP contribution in [0, 0.1) is 23.7 Å². The van der Waals surface area contributed by atoms with E-state index in [2.05, 4.69) is 17.2 Å². The lowest BCUT2D eigenvalue weighted by molar-refractivity contribution is -0.146. The fraction of sp³-hybridized carbons (Fsp3) is 0.389. The summed E-state index contributed by atoms with van der Waals surface area (Å²) in [5.41, 5.74) is 1.62. The zero-order valence-electron chi connectivity index (χ0n) is 13.6. The first kappa shape index (κ1) is 16.6. The van der Waals surface area contributed by atoms with Crippen LogP contribution in [0.5, 0.6) is 0 Å². The molecule has 1 amide bonds. The van der Waals surface area contributed by atoms with E-state index in [1.165, 1.54) is 0 Å². The normalized spacial score (nSPS) is 27.1. The van der Waals surface area contributed by atoms with Gasteiger partial charge in [0.25, 0.3) is 0 Å². The largest absolute Gasteiger partial charge is 0.481 e. The zero-order valence-corrected chi connectivity index (χ0v) is 15.3. The molecule has 7 heteroatoms. The number of carboxylic acid groups (broad SMARTS) is 1. The Kier molecular flexibility index (Phi) is 4.29. The molecule has 2 aromatic rings. The van der Waals surface area contributed by atoms with Crippen LogP contribution in [-0.2, 0) is 9.59 Å². The lowest BCUT2D eigenvalue weighted by atomic mass is 9.82. The summed E-state index contributed by atoms with van der Waals surface area (Å²) in [5.74, 6) is -1.20. The Labute approximate surface area is 153 Å². The van der Waals surface area contributed by atoms with Crippen LogP contribution >= 0.6 is 23.1 Å². The highest BCUT2D eigenvalue weighted by molar-refractivity contribution is 8.01. The molecule has 0 radical (unpaired) electrons. The molecule has 1 saturated carbocycles. The van der Waals surface area contributed by atoms with Crippen LogP contribution in [0.25, 0.3) is 10.2 Å². The summed E-state index contributed by atoms with van der Waals surface area (Å²) >= 11 is 3.31. The van der Waals surface area contributed by atoms with E-state index in [9.17, 15) is 14.7 Å². The highest BCUT2D eigenvalue weighted by Crippen LogP contribution is 2.48. The molecule has 2 aliphatic rings. The number of carbonyl (C=O) groups excluding carboxylic acids is 1. The van der Waals surface area contributed by atoms with E-state index in [1.54, 1.807) is 23.1 Å². The number of carbonyl (C=O) groups is 2. The molecule has 2 N–H and O–H groups in total. The van der Waals surface area contributed by atoms with Gasteiger partial charge in [-0.25, -0.2) is 4.98 Å². The quantitative estimate of drug-likeness (QED) is 0.613. The zero-order chi connectivity index (χ0) is 17.6. The number of carboxylic acids is 1. The van der Waals surface area contributed by atoms with Crippen LogP contribution in [0.2, 0.25) is 0 Å². The van der Waals surface area contributed by atoms with Gasteiger partial charge in [0.2, 0.25) is 5.91 Å². The van der Waals surface area contributed by atoms with Crippen molar-refractivity contribution in [3.8, 4) is 0 Å². The van der Waals surface area contributed by atoms with Crippen LogP contribution in [0.3, 0.4) is 0 Å². The predicted molar refractivity (Wildman–Crippen MR) is 100 cm³/mol. The third-order valence-electron chi connectivity index (χ3n) is 4.95. The fourth-order valence-corrected chi connectivity index (χ4v) is 5.91. The highest BCUT2D eigenvalue weighted by Gasteiger charge is 2.51. The number of thioether (sulfide) groups is 1. The van der Waals surface area contributed by atoms with Crippen molar-refractivity contribution in [2.24, 2.45) is 23.7 Å². The number of thiazole rings is 1. The third-order valence-corrected chi connectivity index (χ3v) is 6.99. The summed E-state index contributed by atoms with van der Waals surface area (Å²) in [6.07, 6.45) is 4.71. The van der Waals surface area contributed by atoms with Crippen LogP contribution in [-0.4, -0.2) is 27.7 Å². The second-order valence-electron chi connectivity index (χ2n) is 6.42. The smallest absolute Gasteiger partial charge is 0.307 e. The van der Waals surface area contributed by atoms with Gasteiger partial charge >= 0.3 is 5.97 Å². The summed E-state index contributed by atoms with van der Waals surface area (Å²) < 4.78 is 2.04. The molecule has 0 saturated heterocycles. The summed E-state index contributed by atoms with van der Waals surface area (Å²) in [5, 5.41) is 12.4. The van der Waals surface area contributed by atoms with Crippen LogP contribution < -0.4 is 5.32 Å². The minimum Gasteiger partial charge on any atom is -0.481 e. The molecule has 5 nitrogen and oxygen atoms in total. The van der Waals surface area contributed by atoms with Gasteiger partial charge in [-0.05, 0) is 42.2 Å². The molecule has 0 aliphatic heterocycles. The van der Waals surface area contributed by atoms with E-state index in [-0.39, 0.29) is 17.7 Å². The number of amides is 1. The molecule has 2 bridgehead atoms. The van der Waals surface area contributed by atoms with Crippen molar-refractivity contribution in [2.45, 2.75) is 17.7 Å². The SMILES string of the molecule is CCSc1nc2ccc(NC(=O)[C@@H]3[C@@H](C(=O)O)[C@H]4C=C[C@H]3C4)cc2s1. The predicted octanol–water partition coefficient (Wildman–Crippen LogP) is 3.87. The second kappa shape index (κ2) is 6.46. The van der Waals surface area contributed by atoms with Crippen molar-refractivity contribution >= 4 is 50.9 Å². The molecule has 4 atom stereocenters. The number of nitrogens with one attached hydrogen (secondary N) is 1. The molecule has 2 aliphatic carbocycles. The summed E-state index contributed by atoms with van der Waals surface area (Å²) in [6, 6.07) is 5.65. The number of hydrogen-bond acceptors (Lipinski definition) is 5. The molecular weight excluding hydrogens is 356 g/mol. The van der Waals surface area contributed by atoms with Crippen LogP contribution in [0.4, 0.5) is 5.69 Å². The molecule has 25 heavy (non-hydrogen) atoms. The molecular formula is C18H18N2O3S2. The number of aliphatic carboxylic acids is 1. The van der Waals surface area contributed by atoms with E-state index >= 15 is 0 Å². The van der Waals surface area contributed by atoms with Crippen molar-refractivity contribution in [2.75, 3.05) is 11.1 Å². The molecule has 1 fully saturated rings. The lowest BCUT2D eigenvalue weighted by Crippen LogP contribution is -2.36. The standard InChI is InChI=1S/C18H18N2O3S2/c1-2-24-18-20-12-6-5-11(8-13(12)25-18)19-16(21)14-9-3-4-10(7-9)15(14)17(22)23/h3-6,8-10,14-15H,2,7H2,1H3,(H,19,21)(H,22,23)/t9-,10-,14-,15-/m0/s1. The molecule has 4 rings (SSSR count). The second-order valence-corrected chi connectivity index (χ2v) is 8.96. The van der Waals surface area contributed by atoms with Crippen LogP contribution in [0.15, 0.2) is 34.7 Å². The van der Waals surface area contributed by atoms with Gasteiger partial charge in [-0.3, -0.25) is 9.59 Å². The van der Waals surface area contributed by atoms with E-state index < -0.39 is 17.8 Å². The number of nitrogens with zero attached hydrogens (tertiary/aromatic N) is 1. The molecule has 0 unspecified atom stereocenters. The number of fused-ring (bicyclic) bond motifs is 3. The maximum absolute atomic E-state index is 12.7. The van der Waals surface area contributed by atoms with E-state index in [0.29, 0.717) is 5.69 Å². The van der Waals surface area contributed by atoms with Gasteiger partial charge in [-0.1, -0.05) is 30.8 Å². The Hall–Kier alpha value is -1.86. The number of allylic oxidation sites excluding steroid dienone is 2. The number of aromatic nitrogens is 1. The van der Waals surface area contributed by atoms with E-state index in [1.807, 2.05) is 30.4 Å². The minimum atomic E-state index is -0.879. The Morgan fingerprint density at radius 1 is 1.32 bits per heavy atom. The fourth-order valence-electron chi connectivity index (χ4n) is 3.91. The maximum atomic E-state index is 12.7. The van der Waals surface area contributed by atoms with E-state index in [0.717, 1.165) is 26.7 Å². The summed E-state index contributed by atoms with van der Waals surface area (Å²) in [4.78, 5) is 28.9. The number of anilines is 1. The first-order chi connectivity index (χ1) is 12.1. The van der Waals surface area contributed by atoms with Crippen molar-refractivity contribution in [3.63, 3.8) is 0 Å². The molecule has 1 heterocycles. The van der Waals surface area contributed by atoms with Gasteiger partial charge in [0.15, 0.2) is 4.34 Å². The van der Waals surface area contributed by atoms with Gasteiger partial charge < -0.3 is 10.4 Å². The number of hydrogen-bond donors (Lipinski definition) is 2. The lowest BCUT2D eigenvalue weighted by Gasteiger charge is -2.23. The first-order valence-electron chi connectivity index (χ1n) is 8.32. The maximum Gasteiger partial charge on any atom is 0.307 e. The molecule has 0 spiro atoms. The van der Waals surface area contributed by atoms with Crippen molar-refractivity contribution in [3.05, 3.63) is 30.4 Å². The molecule has 1 aromatic carbocycles.